The second kappa shape index (κ2) is 6.03. The second-order valence-corrected chi connectivity index (χ2v) is 5.94. The molecule has 0 aliphatic rings. The summed E-state index contributed by atoms with van der Waals surface area (Å²) in [6.07, 6.45) is 1.99. The molecule has 0 fully saturated rings. The molecule has 0 unspecified atom stereocenters. The van der Waals surface area contributed by atoms with Gasteiger partial charge in [0.05, 0.1) is 0 Å². The lowest BCUT2D eigenvalue weighted by molar-refractivity contribution is 0.417. The Kier molecular flexibility index (Phi) is 4.93. The summed E-state index contributed by atoms with van der Waals surface area (Å²) in [6.45, 7) is 9.82. The second-order valence-electron chi connectivity index (χ2n) is 5.94. The summed E-state index contributed by atoms with van der Waals surface area (Å²) in [5.74, 6) is 2.80. The van der Waals surface area contributed by atoms with Crippen molar-refractivity contribution < 1.29 is 0 Å². The van der Waals surface area contributed by atoms with Gasteiger partial charge in [0.1, 0.15) is 17.5 Å². The molecule has 0 radical (unpaired) electrons. The van der Waals surface area contributed by atoms with Gasteiger partial charge in [-0.15, -0.1) is 0 Å². The third-order valence-electron chi connectivity index (χ3n) is 2.59. The van der Waals surface area contributed by atoms with E-state index in [4.69, 9.17) is 0 Å². The highest BCUT2D eigenvalue weighted by molar-refractivity contribution is 5.48. The number of hydrogen-bond donors (Lipinski definition) is 1. The SMILES string of the molecule is CCCc1nc(NC)cc(N(C)CC(C)(C)C)n1. The maximum absolute atomic E-state index is 4.63. The van der Waals surface area contributed by atoms with Gasteiger partial charge in [0.2, 0.25) is 0 Å². The molecule has 18 heavy (non-hydrogen) atoms. The van der Waals surface area contributed by atoms with Crippen molar-refractivity contribution in [3.8, 4) is 0 Å². The van der Waals surface area contributed by atoms with Gasteiger partial charge in [-0.3, -0.25) is 0 Å². The van der Waals surface area contributed by atoms with Crippen LogP contribution in [0.4, 0.5) is 11.6 Å². The fourth-order valence-corrected chi connectivity index (χ4v) is 1.93. The molecule has 0 spiro atoms. The summed E-state index contributed by atoms with van der Waals surface area (Å²) in [5, 5.41) is 3.11. The monoisotopic (exact) mass is 250 g/mol. The normalized spacial score (nSPS) is 11.4. The largest absolute Gasteiger partial charge is 0.373 e. The predicted octanol–water partition coefficient (Wildman–Crippen LogP) is 2.95. The van der Waals surface area contributed by atoms with Crippen LogP contribution in [-0.2, 0) is 6.42 Å². The Morgan fingerprint density at radius 1 is 1.28 bits per heavy atom. The molecule has 0 atom stereocenters. The van der Waals surface area contributed by atoms with Crippen molar-refractivity contribution in [1.82, 2.24) is 9.97 Å². The standard InChI is InChI=1S/C14H26N4/c1-7-8-11-16-12(15-5)9-13(17-11)18(6)10-14(2,3)4/h9H,7-8,10H2,1-6H3,(H,15,16,17). The van der Waals surface area contributed by atoms with E-state index in [1.165, 1.54) is 0 Å². The number of nitrogens with zero attached hydrogens (tertiary/aromatic N) is 3. The van der Waals surface area contributed by atoms with Crippen molar-refractivity contribution >= 4 is 11.6 Å². The van der Waals surface area contributed by atoms with E-state index >= 15 is 0 Å². The molecule has 0 saturated heterocycles. The Morgan fingerprint density at radius 3 is 2.44 bits per heavy atom. The van der Waals surface area contributed by atoms with Crippen LogP contribution in [0.1, 0.15) is 39.9 Å². The van der Waals surface area contributed by atoms with E-state index < -0.39 is 0 Å². The fraction of sp³-hybridized carbons (Fsp3) is 0.714. The minimum Gasteiger partial charge on any atom is -0.373 e. The minimum atomic E-state index is 0.254. The third kappa shape index (κ3) is 4.51. The molecule has 0 aromatic carbocycles. The molecule has 4 nitrogen and oxygen atoms in total. The number of aromatic nitrogens is 2. The topological polar surface area (TPSA) is 41.1 Å². The van der Waals surface area contributed by atoms with Crippen LogP contribution in [0, 0.1) is 5.41 Å². The van der Waals surface area contributed by atoms with Crippen molar-refractivity contribution in [3.63, 3.8) is 0 Å². The molecule has 0 saturated carbocycles. The number of aryl methyl sites for hydroxylation is 1. The molecule has 4 heteroatoms. The van der Waals surface area contributed by atoms with Crippen LogP contribution in [0.15, 0.2) is 6.07 Å². The number of nitrogens with one attached hydrogen (secondary N) is 1. The Hall–Kier alpha value is -1.32. The van der Waals surface area contributed by atoms with Gasteiger partial charge >= 0.3 is 0 Å². The molecule has 0 aliphatic carbocycles. The molecular weight excluding hydrogens is 224 g/mol. The summed E-state index contributed by atoms with van der Waals surface area (Å²) < 4.78 is 0. The first-order chi connectivity index (χ1) is 8.35. The van der Waals surface area contributed by atoms with E-state index in [1.54, 1.807) is 0 Å². The summed E-state index contributed by atoms with van der Waals surface area (Å²) in [6, 6.07) is 2.00. The van der Waals surface area contributed by atoms with Crippen LogP contribution in [0.3, 0.4) is 0 Å². The van der Waals surface area contributed by atoms with Crippen LogP contribution in [0.5, 0.6) is 0 Å². The molecule has 0 bridgehead atoms. The average Bonchev–Trinajstić information content (AvgIpc) is 2.26. The van der Waals surface area contributed by atoms with Gasteiger partial charge in [-0.2, -0.15) is 0 Å². The van der Waals surface area contributed by atoms with E-state index in [0.717, 1.165) is 36.8 Å². The molecule has 0 aliphatic heterocycles. The number of anilines is 2. The van der Waals surface area contributed by atoms with Gasteiger partial charge in [0.15, 0.2) is 0 Å². The summed E-state index contributed by atoms with van der Waals surface area (Å²) in [5.41, 5.74) is 0.254. The Balaban J connectivity index is 2.96. The number of rotatable bonds is 5. The fourth-order valence-electron chi connectivity index (χ4n) is 1.93. The Bertz CT molecular complexity index is 382. The zero-order valence-electron chi connectivity index (χ0n) is 12.5. The molecular formula is C14H26N4. The zero-order valence-corrected chi connectivity index (χ0v) is 12.5. The molecule has 0 amide bonds. The molecule has 1 aromatic rings. The zero-order chi connectivity index (χ0) is 13.8. The lowest BCUT2D eigenvalue weighted by Gasteiger charge is -2.27. The Labute approximate surface area is 111 Å². The highest BCUT2D eigenvalue weighted by atomic mass is 15.2. The molecule has 102 valence electrons. The van der Waals surface area contributed by atoms with E-state index in [9.17, 15) is 0 Å². The van der Waals surface area contributed by atoms with Crippen LogP contribution in [-0.4, -0.2) is 30.6 Å². The van der Waals surface area contributed by atoms with Gasteiger partial charge in [0, 0.05) is 33.1 Å². The maximum atomic E-state index is 4.63. The van der Waals surface area contributed by atoms with Gasteiger partial charge in [-0.1, -0.05) is 27.7 Å². The van der Waals surface area contributed by atoms with Crippen molar-refractivity contribution in [2.45, 2.75) is 40.5 Å². The van der Waals surface area contributed by atoms with E-state index in [2.05, 4.69) is 54.9 Å². The summed E-state index contributed by atoms with van der Waals surface area (Å²) in [4.78, 5) is 11.3. The van der Waals surface area contributed by atoms with Crippen molar-refractivity contribution in [3.05, 3.63) is 11.9 Å². The molecule has 1 heterocycles. The van der Waals surface area contributed by atoms with Gasteiger partial charge in [-0.25, -0.2) is 9.97 Å². The first kappa shape index (κ1) is 14.7. The van der Waals surface area contributed by atoms with E-state index in [1.807, 2.05) is 13.1 Å². The molecule has 1 N–H and O–H groups in total. The van der Waals surface area contributed by atoms with Gasteiger partial charge < -0.3 is 10.2 Å². The average molecular weight is 250 g/mol. The van der Waals surface area contributed by atoms with Crippen LogP contribution >= 0.6 is 0 Å². The van der Waals surface area contributed by atoms with Crippen molar-refractivity contribution in [2.24, 2.45) is 5.41 Å². The minimum absolute atomic E-state index is 0.254. The van der Waals surface area contributed by atoms with Crippen LogP contribution < -0.4 is 10.2 Å². The predicted molar refractivity (Wildman–Crippen MR) is 78.3 cm³/mol. The van der Waals surface area contributed by atoms with Crippen molar-refractivity contribution in [2.75, 3.05) is 30.9 Å². The maximum Gasteiger partial charge on any atom is 0.134 e. The molecule has 1 rings (SSSR count). The quantitative estimate of drug-likeness (QED) is 0.872. The summed E-state index contributed by atoms with van der Waals surface area (Å²) in [7, 11) is 3.98. The lowest BCUT2D eigenvalue weighted by Crippen LogP contribution is -2.30. The summed E-state index contributed by atoms with van der Waals surface area (Å²) >= 11 is 0. The van der Waals surface area contributed by atoms with Crippen LogP contribution in [0.25, 0.3) is 0 Å². The van der Waals surface area contributed by atoms with E-state index in [0.29, 0.717) is 0 Å². The van der Waals surface area contributed by atoms with Crippen LogP contribution in [0.2, 0.25) is 0 Å². The first-order valence-corrected chi connectivity index (χ1v) is 6.62. The smallest absolute Gasteiger partial charge is 0.134 e. The third-order valence-corrected chi connectivity index (χ3v) is 2.59. The molecule has 1 aromatic heterocycles. The highest BCUT2D eigenvalue weighted by Gasteiger charge is 2.16. The first-order valence-electron chi connectivity index (χ1n) is 6.62. The lowest BCUT2D eigenvalue weighted by atomic mass is 9.96. The Morgan fingerprint density at radius 2 is 1.94 bits per heavy atom. The number of hydrogen-bond acceptors (Lipinski definition) is 4. The van der Waals surface area contributed by atoms with Gasteiger partial charge in [-0.05, 0) is 11.8 Å². The highest BCUT2D eigenvalue weighted by Crippen LogP contribution is 2.20. The van der Waals surface area contributed by atoms with Crippen molar-refractivity contribution in [1.29, 1.82) is 0 Å². The van der Waals surface area contributed by atoms with E-state index in [-0.39, 0.29) is 5.41 Å². The van der Waals surface area contributed by atoms with Gasteiger partial charge in [0.25, 0.3) is 0 Å².